The lowest BCUT2D eigenvalue weighted by Gasteiger charge is -2.44. The van der Waals surface area contributed by atoms with Gasteiger partial charge in [-0.3, -0.25) is 4.90 Å². The molecule has 2 heterocycles. The summed E-state index contributed by atoms with van der Waals surface area (Å²) in [4.78, 5) is 7.28. The average molecular weight is 265 g/mol. The van der Waals surface area contributed by atoms with Crippen molar-refractivity contribution in [3.63, 3.8) is 0 Å². The summed E-state index contributed by atoms with van der Waals surface area (Å²) in [5.41, 5.74) is 1.48. The van der Waals surface area contributed by atoms with Gasteiger partial charge in [-0.1, -0.05) is 0 Å². The van der Waals surface area contributed by atoms with Crippen LogP contribution in [0.1, 0.15) is 37.4 Å². The summed E-state index contributed by atoms with van der Waals surface area (Å²) in [6.45, 7) is 9.99. The fraction of sp³-hybridized carbons (Fsp3) is 0.786. The van der Waals surface area contributed by atoms with Crippen molar-refractivity contribution < 1.29 is 0 Å². The number of aromatic nitrogens is 1. The lowest BCUT2D eigenvalue weighted by atomic mass is 9.96. The molecule has 3 nitrogen and oxygen atoms in total. The Morgan fingerprint density at radius 2 is 2.28 bits per heavy atom. The minimum Gasteiger partial charge on any atom is -0.309 e. The predicted octanol–water partition coefficient (Wildman–Crippen LogP) is 2.41. The smallest absolute Gasteiger partial charge is 0.0897 e. The molecule has 1 aromatic heterocycles. The van der Waals surface area contributed by atoms with Crippen LogP contribution >= 0.6 is 11.3 Å². The van der Waals surface area contributed by atoms with Crippen LogP contribution in [-0.4, -0.2) is 34.6 Å². The highest BCUT2D eigenvalue weighted by Gasteiger charge is 2.40. The highest BCUT2D eigenvalue weighted by atomic mass is 32.1. The van der Waals surface area contributed by atoms with E-state index in [0.717, 1.165) is 31.6 Å². The standard InChI is InChI=1S/C14H23N3S/c1-10-16-12(8-18-10)7-17-9-14(2,3)15-6-13(17)11-4-5-11/h8,11,13,15H,4-7,9H2,1-3H3. The average Bonchev–Trinajstić information content (AvgIpc) is 3.02. The second-order valence-electron chi connectivity index (χ2n) is 6.43. The lowest BCUT2D eigenvalue weighted by molar-refractivity contribution is 0.0750. The van der Waals surface area contributed by atoms with Crippen LogP contribution in [0.2, 0.25) is 0 Å². The van der Waals surface area contributed by atoms with E-state index in [1.807, 2.05) is 0 Å². The molecule has 1 aliphatic carbocycles. The minimum atomic E-state index is 0.233. The van der Waals surface area contributed by atoms with Gasteiger partial charge in [-0.2, -0.15) is 0 Å². The number of nitrogens with zero attached hydrogens (tertiary/aromatic N) is 2. The van der Waals surface area contributed by atoms with Crippen molar-refractivity contribution in [2.45, 2.75) is 51.7 Å². The largest absolute Gasteiger partial charge is 0.309 e. The first-order valence-electron chi connectivity index (χ1n) is 6.94. The third-order valence-electron chi connectivity index (χ3n) is 4.05. The van der Waals surface area contributed by atoms with Crippen molar-refractivity contribution in [1.82, 2.24) is 15.2 Å². The van der Waals surface area contributed by atoms with E-state index < -0.39 is 0 Å². The van der Waals surface area contributed by atoms with Crippen LogP contribution in [-0.2, 0) is 6.54 Å². The van der Waals surface area contributed by atoms with E-state index in [2.05, 4.69) is 41.4 Å². The number of rotatable bonds is 3. The lowest BCUT2D eigenvalue weighted by Crippen LogP contribution is -2.61. The van der Waals surface area contributed by atoms with Crippen molar-refractivity contribution in [3.05, 3.63) is 16.1 Å². The van der Waals surface area contributed by atoms with Gasteiger partial charge in [0.15, 0.2) is 0 Å². The van der Waals surface area contributed by atoms with Crippen LogP contribution < -0.4 is 5.32 Å². The van der Waals surface area contributed by atoms with E-state index in [1.54, 1.807) is 11.3 Å². The van der Waals surface area contributed by atoms with Crippen molar-refractivity contribution >= 4 is 11.3 Å². The molecule has 18 heavy (non-hydrogen) atoms. The molecule has 1 N–H and O–H groups in total. The van der Waals surface area contributed by atoms with Crippen LogP contribution in [0.4, 0.5) is 0 Å². The molecule has 2 fully saturated rings. The first-order valence-corrected chi connectivity index (χ1v) is 7.81. The summed E-state index contributed by atoms with van der Waals surface area (Å²) < 4.78 is 0. The second-order valence-corrected chi connectivity index (χ2v) is 7.49. The molecule has 4 heteroatoms. The first kappa shape index (κ1) is 12.6. The molecule has 1 saturated heterocycles. The maximum Gasteiger partial charge on any atom is 0.0897 e. The molecule has 0 aromatic carbocycles. The summed E-state index contributed by atoms with van der Waals surface area (Å²) in [5, 5.41) is 7.09. The SMILES string of the molecule is Cc1nc(CN2CC(C)(C)NCC2C2CC2)cs1. The third kappa shape index (κ3) is 2.76. The first-order chi connectivity index (χ1) is 8.53. The normalized spacial score (nSPS) is 28.5. The Balaban J connectivity index is 1.72. The van der Waals surface area contributed by atoms with Crippen LogP contribution in [0, 0.1) is 12.8 Å². The van der Waals surface area contributed by atoms with Crippen molar-refractivity contribution in [2.24, 2.45) is 5.92 Å². The van der Waals surface area contributed by atoms with Crippen molar-refractivity contribution in [1.29, 1.82) is 0 Å². The van der Waals surface area contributed by atoms with E-state index in [0.29, 0.717) is 0 Å². The minimum absolute atomic E-state index is 0.233. The summed E-state index contributed by atoms with van der Waals surface area (Å²) >= 11 is 1.76. The molecule has 1 saturated carbocycles. The van der Waals surface area contributed by atoms with Gasteiger partial charge in [-0.25, -0.2) is 4.98 Å². The number of nitrogens with one attached hydrogen (secondary N) is 1. The fourth-order valence-corrected chi connectivity index (χ4v) is 3.60. The number of hydrogen-bond acceptors (Lipinski definition) is 4. The molecule has 100 valence electrons. The Morgan fingerprint density at radius 3 is 2.89 bits per heavy atom. The van der Waals surface area contributed by atoms with E-state index in [1.165, 1.54) is 23.5 Å². The summed E-state index contributed by atoms with van der Waals surface area (Å²) in [6.07, 6.45) is 2.83. The van der Waals surface area contributed by atoms with Crippen LogP contribution in [0.3, 0.4) is 0 Å². The summed E-state index contributed by atoms with van der Waals surface area (Å²) in [6, 6.07) is 0.722. The molecule has 1 unspecified atom stereocenters. The molecule has 0 radical (unpaired) electrons. The van der Waals surface area contributed by atoms with Gasteiger partial charge < -0.3 is 5.32 Å². The molecule has 1 aliphatic heterocycles. The quantitative estimate of drug-likeness (QED) is 0.909. The van der Waals surface area contributed by atoms with Gasteiger partial charge in [-0.05, 0) is 39.5 Å². The van der Waals surface area contributed by atoms with Gasteiger partial charge in [0.1, 0.15) is 0 Å². The molecule has 3 rings (SSSR count). The van der Waals surface area contributed by atoms with E-state index in [-0.39, 0.29) is 5.54 Å². The van der Waals surface area contributed by atoms with Crippen LogP contribution in [0.25, 0.3) is 0 Å². The Bertz CT molecular complexity index is 422. The van der Waals surface area contributed by atoms with Crippen molar-refractivity contribution in [2.75, 3.05) is 13.1 Å². The molecular formula is C14H23N3S. The summed E-state index contributed by atoms with van der Waals surface area (Å²) in [5.74, 6) is 0.924. The number of hydrogen-bond donors (Lipinski definition) is 1. The zero-order valence-corrected chi connectivity index (χ0v) is 12.4. The molecule has 0 amide bonds. The van der Waals surface area contributed by atoms with Crippen molar-refractivity contribution in [3.8, 4) is 0 Å². The maximum atomic E-state index is 4.62. The topological polar surface area (TPSA) is 28.2 Å². The fourth-order valence-electron chi connectivity index (χ4n) is 3.00. The number of piperazine rings is 1. The van der Waals surface area contributed by atoms with Crippen LogP contribution in [0.15, 0.2) is 5.38 Å². The third-order valence-corrected chi connectivity index (χ3v) is 4.88. The number of thiazole rings is 1. The second kappa shape index (κ2) is 4.58. The van der Waals surface area contributed by atoms with Gasteiger partial charge >= 0.3 is 0 Å². The van der Waals surface area contributed by atoms with Gasteiger partial charge in [0.2, 0.25) is 0 Å². The van der Waals surface area contributed by atoms with Gasteiger partial charge in [0.05, 0.1) is 10.7 Å². The molecule has 0 spiro atoms. The molecule has 1 aromatic rings. The monoisotopic (exact) mass is 265 g/mol. The van der Waals surface area contributed by atoms with Gasteiger partial charge in [0.25, 0.3) is 0 Å². The van der Waals surface area contributed by atoms with E-state index in [4.69, 9.17) is 0 Å². The number of aryl methyl sites for hydroxylation is 1. The highest BCUT2D eigenvalue weighted by molar-refractivity contribution is 7.09. The molecule has 1 atom stereocenters. The van der Waals surface area contributed by atoms with Gasteiger partial charge in [0, 0.05) is 36.6 Å². The maximum absolute atomic E-state index is 4.62. The van der Waals surface area contributed by atoms with Crippen LogP contribution in [0.5, 0.6) is 0 Å². The highest BCUT2D eigenvalue weighted by Crippen LogP contribution is 2.37. The Labute approximate surface area is 114 Å². The van der Waals surface area contributed by atoms with E-state index >= 15 is 0 Å². The zero-order chi connectivity index (χ0) is 12.8. The summed E-state index contributed by atoms with van der Waals surface area (Å²) in [7, 11) is 0. The molecular weight excluding hydrogens is 242 g/mol. The molecule has 2 aliphatic rings. The Hall–Kier alpha value is -0.450. The predicted molar refractivity (Wildman–Crippen MR) is 75.9 cm³/mol. The molecule has 0 bridgehead atoms. The zero-order valence-electron chi connectivity index (χ0n) is 11.6. The Morgan fingerprint density at radius 1 is 1.50 bits per heavy atom. The Kier molecular flexibility index (Phi) is 3.20. The van der Waals surface area contributed by atoms with Gasteiger partial charge in [-0.15, -0.1) is 11.3 Å². The van der Waals surface area contributed by atoms with E-state index in [9.17, 15) is 0 Å².